The van der Waals surface area contributed by atoms with Crippen LogP contribution in [0.1, 0.15) is 27.2 Å². The van der Waals surface area contributed by atoms with E-state index in [-0.39, 0.29) is 5.92 Å². The molecule has 1 heteroatoms. The van der Waals surface area contributed by atoms with Gasteiger partial charge in [0.1, 0.15) is 0 Å². The predicted octanol–water partition coefficient (Wildman–Crippen LogP) is 2.53. The van der Waals surface area contributed by atoms with E-state index in [0.29, 0.717) is 0 Å². The zero-order valence-corrected chi connectivity index (χ0v) is 7.67. The third kappa shape index (κ3) is 3.38. The molecule has 0 aliphatic carbocycles. The second-order valence-electron chi connectivity index (χ2n) is 3.14. The Kier molecular flexibility index (Phi) is 4.12. The van der Waals surface area contributed by atoms with E-state index in [1.165, 1.54) is 0 Å². The summed E-state index contributed by atoms with van der Waals surface area (Å²) in [6, 6.07) is 0. The van der Waals surface area contributed by atoms with E-state index >= 15 is 0 Å². The minimum Gasteiger partial charge on any atom is -0.386 e. The fraction of sp³-hybridized carbons (Fsp3) is 0.600. The molecule has 2 unspecified atom stereocenters. The van der Waals surface area contributed by atoms with Gasteiger partial charge in [-0.2, -0.15) is 0 Å². The maximum absolute atomic E-state index is 9.67. The molecule has 0 aliphatic heterocycles. The van der Waals surface area contributed by atoms with Crippen molar-refractivity contribution in [3.8, 4) is 0 Å². The van der Waals surface area contributed by atoms with E-state index < -0.39 is 5.60 Å². The van der Waals surface area contributed by atoms with Crippen molar-refractivity contribution in [2.45, 2.75) is 32.8 Å². The lowest BCUT2D eigenvalue weighted by atomic mass is 9.88. The SMILES string of the molecule is C=CC(C)(O)C(C)C/C=C/C. The molecule has 0 aromatic heterocycles. The zero-order valence-electron chi connectivity index (χ0n) is 7.67. The molecule has 0 aromatic rings. The van der Waals surface area contributed by atoms with Crippen molar-refractivity contribution in [3.05, 3.63) is 24.8 Å². The van der Waals surface area contributed by atoms with Crippen LogP contribution < -0.4 is 0 Å². The smallest absolute Gasteiger partial charge is 0.0825 e. The van der Waals surface area contributed by atoms with Gasteiger partial charge in [0.15, 0.2) is 0 Å². The summed E-state index contributed by atoms with van der Waals surface area (Å²) in [5.74, 6) is 0.233. The average molecular weight is 154 g/mol. The molecule has 64 valence electrons. The third-order valence-corrected chi connectivity index (χ3v) is 2.14. The van der Waals surface area contributed by atoms with Crippen LogP contribution in [0.4, 0.5) is 0 Å². The number of hydrogen-bond acceptors (Lipinski definition) is 1. The Morgan fingerprint density at radius 1 is 1.64 bits per heavy atom. The van der Waals surface area contributed by atoms with E-state index in [4.69, 9.17) is 0 Å². The Labute approximate surface area is 69.4 Å². The lowest BCUT2D eigenvalue weighted by molar-refractivity contribution is 0.0560. The summed E-state index contributed by atoms with van der Waals surface area (Å²) in [6.45, 7) is 9.37. The van der Waals surface area contributed by atoms with E-state index in [0.717, 1.165) is 6.42 Å². The van der Waals surface area contributed by atoms with Crippen molar-refractivity contribution in [2.24, 2.45) is 5.92 Å². The molecular weight excluding hydrogens is 136 g/mol. The quantitative estimate of drug-likeness (QED) is 0.617. The van der Waals surface area contributed by atoms with Crippen LogP contribution >= 0.6 is 0 Å². The van der Waals surface area contributed by atoms with E-state index in [1.807, 2.05) is 19.9 Å². The first-order valence-electron chi connectivity index (χ1n) is 4.01. The molecule has 0 amide bonds. The largest absolute Gasteiger partial charge is 0.386 e. The maximum atomic E-state index is 9.67. The first-order valence-corrected chi connectivity index (χ1v) is 4.01. The first kappa shape index (κ1) is 10.4. The molecule has 0 heterocycles. The molecule has 0 rings (SSSR count). The molecule has 2 atom stereocenters. The maximum Gasteiger partial charge on any atom is 0.0825 e. The summed E-state index contributed by atoms with van der Waals surface area (Å²) < 4.78 is 0. The van der Waals surface area contributed by atoms with Gasteiger partial charge in [0.05, 0.1) is 5.60 Å². The van der Waals surface area contributed by atoms with Crippen LogP contribution in [-0.2, 0) is 0 Å². The molecular formula is C10H18O. The molecule has 1 N–H and O–H groups in total. The molecule has 0 spiro atoms. The molecule has 0 saturated carbocycles. The van der Waals surface area contributed by atoms with Crippen molar-refractivity contribution in [1.82, 2.24) is 0 Å². The molecule has 0 aliphatic rings. The zero-order chi connectivity index (χ0) is 8.91. The summed E-state index contributed by atoms with van der Waals surface area (Å²) in [7, 11) is 0. The summed E-state index contributed by atoms with van der Waals surface area (Å²) >= 11 is 0. The Morgan fingerprint density at radius 2 is 2.18 bits per heavy atom. The molecule has 1 nitrogen and oxygen atoms in total. The van der Waals surface area contributed by atoms with Gasteiger partial charge < -0.3 is 5.11 Å². The molecule has 0 bridgehead atoms. The minimum absolute atomic E-state index is 0.233. The molecule has 0 saturated heterocycles. The van der Waals surface area contributed by atoms with Crippen molar-refractivity contribution >= 4 is 0 Å². The first-order chi connectivity index (χ1) is 5.04. The van der Waals surface area contributed by atoms with Crippen molar-refractivity contribution in [1.29, 1.82) is 0 Å². The summed E-state index contributed by atoms with van der Waals surface area (Å²) in [4.78, 5) is 0. The lowest BCUT2D eigenvalue weighted by Crippen LogP contribution is -2.29. The van der Waals surface area contributed by atoms with Crippen LogP contribution in [0.15, 0.2) is 24.8 Å². The summed E-state index contributed by atoms with van der Waals surface area (Å²) in [5, 5.41) is 9.67. The monoisotopic (exact) mass is 154 g/mol. The van der Waals surface area contributed by atoms with Gasteiger partial charge in [-0.3, -0.25) is 0 Å². The fourth-order valence-corrected chi connectivity index (χ4v) is 0.780. The highest BCUT2D eigenvalue weighted by Crippen LogP contribution is 2.21. The Morgan fingerprint density at radius 3 is 2.55 bits per heavy atom. The Hall–Kier alpha value is -0.560. The second kappa shape index (κ2) is 4.35. The van der Waals surface area contributed by atoms with Crippen molar-refractivity contribution in [3.63, 3.8) is 0 Å². The van der Waals surface area contributed by atoms with Gasteiger partial charge in [0.2, 0.25) is 0 Å². The van der Waals surface area contributed by atoms with Crippen LogP contribution in [0.2, 0.25) is 0 Å². The standard InChI is InChI=1S/C10H18O/c1-5-7-8-9(3)10(4,11)6-2/h5-7,9,11H,2,8H2,1,3-4H3/b7-5+. The lowest BCUT2D eigenvalue weighted by Gasteiger charge is -2.25. The van der Waals surface area contributed by atoms with Gasteiger partial charge in [-0.1, -0.05) is 25.2 Å². The van der Waals surface area contributed by atoms with Gasteiger partial charge in [-0.25, -0.2) is 0 Å². The Bertz CT molecular complexity index is 145. The highest BCUT2D eigenvalue weighted by Gasteiger charge is 2.22. The van der Waals surface area contributed by atoms with Crippen molar-refractivity contribution in [2.75, 3.05) is 0 Å². The second-order valence-corrected chi connectivity index (χ2v) is 3.14. The van der Waals surface area contributed by atoms with E-state index in [1.54, 1.807) is 13.0 Å². The number of hydrogen-bond donors (Lipinski definition) is 1. The summed E-state index contributed by atoms with van der Waals surface area (Å²) in [6.07, 6.45) is 6.55. The molecule has 0 fully saturated rings. The van der Waals surface area contributed by atoms with Gasteiger partial charge in [0.25, 0.3) is 0 Å². The Balaban J connectivity index is 4.00. The van der Waals surface area contributed by atoms with E-state index in [2.05, 4.69) is 12.7 Å². The number of rotatable bonds is 4. The van der Waals surface area contributed by atoms with Gasteiger partial charge in [-0.05, 0) is 26.2 Å². The van der Waals surface area contributed by atoms with Gasteiger partial charge in [-0.15, -0.1) is 6.58 Å². The van der Waals surface area contributed by atoms with Crippen LogP contribution in [-0.4, -0.2) is 10.7 Å². The highest BCUT2D eigenvalue weighted by molar-refractivity contribution is 4.98. The van der Waals surface area contributed by atoms with Crippen LogP contribution in [0.5, 0.6) is 0 Å². The number of aliphatic hydroxyl groups is 1. The average Bonchev–Trinajstić information content (AvgIpc) is 2.00. The number of allylic oxidation sites excluding steroid dienone is 2. The van der Waals surface area contributed by atoms with Crippen LogP contribution in [0.3, 0.4) is 0 Å². The third-order valence-electron chi connectivity index (χ3n) is 2.14. The fourth-order valence-electron chi connectivity index (χ4n) is 0.780. The highest BCUT2D eigenvalue weighted by atomic mass is 16.3. The molecule has 0 radical (unpaired) electrons. The van der Waals surface area contributed by atoms with Crippen LogP contribution in [0, 0.1) is 5.92 Å². The van der Waals surface area contributed by atoms with E-state index in [9.17, 15) is 5.11 Å². The molecule has 0 aromatic carbocycles. The van der Waals surface area contributed by atoms with Gasteiger partial charge in [0, 0.05) is 0 Å². The van der Waals surface area contributed by atoms with Crippen LogP contribution in [0.25, 0.3) is 0 Å². The summed E-state index contributed by atoms with van der Waals surface area (Å²) in [5.41, 5.74) is -0.737. The predicted molar refractivity (Wildman–Crippen MR) is 49.4 cm³/mol. The normalized spacial score (nSPS) is 19.6. The topological polar surface area (TPSA) is 20.2 Å². The minimum atomic E-state index is -0.737. The molecule has 11 heavy (non-hydrogen) atoms. The van der Waals surface area contributed by atoms with Gasteiger partial charge >= 0.3 is 0 Å². The van der Waals surface area contributed by atoms with Crippen molar-refractivity contribution < 1.29 is 5.11 Å².